The van der Waals surface area contributed by atoms with Crippen molar-refractivity contribution in [3.8, 4) is 11.1 Å². The topological polar surface area (TPSA) is 113 Å². The molecule has 1 aliphatic carbocycles. The van der Waals surface area contributed by atoms with Crippen LogP contribution in [0.4, 0.5) is 4.79 Å². The van der Waals surface area contributed by atoms with Crippen LogP contribution in [0, 0.1) is 0 Å². The van der Waals surface area contributed by atoms with Crippen molar-refractivity contribution in [1.29, 1.82) is 0 Å². The Hall–Kier alpha value is -3.35. The second-order valence-electron chi connectivity index (χ2n) is 6.70. The van der Waals surface area contributed by atoms with E-state index in [2.05, 4.69) is 5.32 Å². The second-order valence-corrected chi connectivity index (χ2v) is 6.70. The van der Waals surface area contributed by atoms with E-state index in [1.54, 1.807) is 0 Å². The summed E-state index contributed by atoms with van der Waals surface area (Å²) in [6.45, 7) is 0.110. The number of carboxylic acid groups (broad SMARTS) is 2. The van der Waals surface area contributed by atoms with Crippen molar-refractivity contribution in [2.24, 2.45) is 0 Å². The predicted molar refractivity (Wildman–Crippen MR) is 101 cm³/mol. The average Bonchev–Trinajstić information content (AvgIpc) is 2.98. The van der Waals surface area contributed by atoms with Gasteiger partial charge in [-0.05, 0) is 28.7 Å². The number of aliphatic carboxylic acids is 2. The van der Waals surface area contributed by atoms with E-state index >= 15 is 0 Å². The van der Waals surface area contributed by atoms with Crippen LogP contribution >= 0.6 is 0 Å². The lowest BCUT2D eigenvalue weighted by Crippen LogP contribution is -2.37. The third kappa shape index (κ3) is 4.49. The number of rotatable bonds is 8. The molecule has 0 aromatic heterocycles. The number of benzene rings is 2. The molecular formula is C21H21NO6. The summed E-state index contributed by atoms with van der Waals surface area (Å²) in [5, 5.41) is 20.2. The summed E-state index contributed by atoms with van der Waals surface area (Å²) in [6.07, 6.45) is -1.33. The summed E-state index contributed by atoms with van der Waals surface area (Å²) in [6, 6.07) is 15.1. The van der Waals surface area contributed by atoms with Gasteiger partial charge in [-0.1, -0.05) is 48.5 Å². The molecule has 3 N–H and O–H groups in total. The molecule has 28 heavy (non-hydrogen) atoms. The van der Waals surface area contributed by atoms with Crippen LogP contribution in [0.25, 0.3) is 11.1 Å². The van der Waals surface area contributed by atoms with Crippen molar-refractivity contribution in [1.82, 2.24) is 5.32 Å². The highest BCUT2D eigenvalue weighted by Gasteiger charge is 2.29. The molecule has 0 saturated heterocycles. The molecule has 7 nitrogen and oxygen atoms in total. The van der Waals surface area contributed by atoms with Gasteiger partial charge in [0.2, 0.25) is 0 Å². The molecule has 1 amide bonds. The van der Waals surface area contributed by atoms with Crippen LogP contribution in [0.5, 0.6) is 0 Å². The fraction of sp³-hybridized carbons (Fsp3) is 0.286. The zero-order valence-electron chi connectivity index (χ0n) is 15.1. The molecule has 0 radical (unpaired) electrons. The van der Waals surface area contributed by atoms with Gasteiger partial charge in [-0.25, -0.2) is 4.79 Å². The summed E-state index contributed by atoms with van der Waals surface area (Å²) < 4.78 is 5.37. The van der Waals surface area contributed by atoms with E-state index in [0.717, 1.165) is 22.3 Å². The highest BCUT2D eigenvalue weighted by atomic mass is 16.5. The van der Waals surface area contributed by atoms with Crippen LogP contribution in [0.15, 0.2) is 48.5 Å². The first-order chi connectivity index (χ1) is 13.5. The zero-order valence-corrected chi connectivity index (χ0v) is 15.1. The molecule has 0 unspecified atom stereocenters. The van der Waals surface area contributed by atoms with Crippen molar-refractivity contribution in [3.63, 3.8) is 0 Å². The van der Waals surface area contributed by atoms with Gasteiger partial charge in [0.15, 0.2) is 0 Å². The van der Waals surface area contributed by atoms with E-state index in [1.807, 2.05) is 48.5 Å². The van der Waals surface area contributed by atoms with Crippen LogP contribution in [0.1, 0.15) is 36.3 Å². The fourth-order valence-electron chi connectivity index (χ4n) is 3.54. The van der Waals surface area contributed by atoms with Crippen LogP contribution in [-0.2, 0) is 14.3 Å². The Bertz CT molecular complexity index is 848. The van der Waals surface area contributed by atoms with E-state index in [9.17, 15) is 14.4 Å². The maximum atomic E-state index is 12.2. The van der Waals surface area contributed by atoms with Crippen LogP contribution in [0.3, 0.4) is 0 Å². The first-order valence-corrected chi connectivity index (χ1v) is 9.00. The van der Waals surface area contributed by atoms with Crippen molar-refractivity contribution in [2.45, 2.75) is 31.2 Å². The van der Waals surface area contributed by atoms with E-state index in [0.29, 0.717) is 0 Å². The van der Waals surface area contributed by atoms with Crippen molar-refractivity contribution in [2.75, 3.05) is 6.61 Å². The number of ether oxygens (including phenoxy) is 1. The van der Waals surface area contributed by atoms with Crippen molar-refractivity contribution < 1.29 is 29.3 Å². The van der Waals surface area contributed by atoms with E-state index in [1.165, 1.54) is 0 Å². The third-order valence-electron chi connectivity index (χ3n) is 4.79. The average molecular weight is 383 g/mol. The number of hydrogen-bond donors (Lipinski definition) is 3. The molecule has 2 aromatic rings. The lowest BCUT2D eigenvalue weighted by Gasteiger charge is -2.18. The number of amides is 1. The quantitative estimate of drug-likeness (QED) is 0.645. The Morgan fingerprint density at radius 3 is 2.04 bits per heavy atom. The number of carbonyl (C=O) groups excluding carboxylic acids is 1. The number of carbonyl (C=O) groups is 3. The van der Waals surface area contributed by atoms with Gasteiger partial charge in [-0.2, -0.15) is 0 Å². The molecule has 3 rings (SSSR count). The highest BCUT2D eigenvalue weighted by Crippen LogP contribution is 2.44. The summed E-state index contributed by atoms with van der Waals surface area (Å²) in [7, 11) is 0. The Morgan fingerprint density at radius 1 is 0.929 bits per heavy atom. The molecule has 1 atom stereocenters. The van der Waals surface area contributed by atoms with Gasteiger partial charge in [0.25, 0.3) is 0 Å². The molecule has 146 valence electrons. The summed E-state index contributed by atoms with van der Waals surface area (Å²) in [5.41, 5.74) is 4.36. The molecule has 0 fully saturated rings. The Balaban J connectivity index is 1.65. The van der Waals surface area contributed by atoms with Crippen LogP contribution in [0.2, 0.25) is 0 Å². The monoisotopic (exact) mass is 383 g/mol. The van der Waals surface area contributed by atoms with E-state index in [-0.39, 0.29) is 31.8 Å². The Morgan fingerprint density at radius 2 is 1.50 bits per heavy atom. The Kier molecular flexibility index (Phi) is 5.93. The minimum atomic E-state index is -1.12. The number of carboxylic acids is 2. The van der Waals surface area contributed by atoms with Gasteiger partial charge in [0, 0.05) is 18.4 Å². The van der Waals surface area contributed by atoms with Gasteiger partial charge in [0.1, 0.15) is 6.61 Å². The molecular weight excluding hydrogens is 362 g/mol. The number of alkyl carbamates (subject to hydrolysis) is 1. The lowest BCUT2D eigenvalue weighted by atomic mass is 9.98. The SMILES string of the molecule is O=C(O)CC[C@@H](CC(=O)O)NC(=O)OCC1c2ccccc2-c2ccccc21. The molecule has 0 heterocycles. The third-order valence-corrected chi connectivity index (χ3v) is 4.79. The normalized spacial score (nSPS) is 13.3. The molecule has 2 aromatic carbocycles. The standard InChI is InChI=1S/C21H21NO6/c23-19(24)10-9-13(11-20(25)26)22-21(27)28-12-18-16-7-3-1-5-14(16)15-6-2-4-8-17(15)18/h1-8,13,18H,9-12H2,(H,22,27)(H,23,24)(H,25,26)/t13-/m0/s1. The second kappa shape index (κ2) is 8.56. The van der Waals surface area contributed by atoms with Gasteiger partial charge in [-0.15, -0.1) is 0 Å². The Labute approximate surface area is 162 Å². The molecule has 0 bridgehead atoms. The van der Waals surface area contributed by atoms with E-state index in [4.69, 9.17) is 14.9 Å². The van der Waals surface area contributed by atoms with Crippen molar-refractivity contribution in [3.05, 3.63) is 59.7 Å². The zero-order chi connectivity index (χ0) is 20.1. The predicted octanol–water partition coefficient (Wildman–Crippen LogP) is 3.23. The molecule has 0 saturated carbocycles. The minimum Gasteiger partial charge on any atom is -0.481 e. The number of fused-ring (bicyclic) bond motifs is 3. The summed E-state index contributed by atoms with van der Waals surface area (Å²) >= 11 is 0. The smallest absolute Gasteiger partial charge is 0.407 e. The molecule has 1 aliphatic rings. The van der Waals surface area contributed by atoms with Crippen LogP contribution < -0.4 is 5.32 Å². The summed E-state index contributed by atoms with van der Waals surface area (Å²) in [4.78, 5) is 33.8. The van der Waals surface area contributed by atoms with Gasteiger partial charge in [0.05, 0.1) is 6.42 Å². The highest BCUT2D eigenvalue weighted by molar-refractivity contribution is 5.79. The minimum absolute atomic E-state index is 0.0197. The molecule has 0 spiro atoms. The fourth-order valence-corrected chi connectivity index (χ4v) is 3.54. The van der Waals surface area contributed by atoms with Gasteiger partial charge in [-0.3, -0.25) is 9.59 Å². The maximum absolute atomic E-state index is 12.2. The van der Waals surface area contributed by atoms with Gasteiger partial charge < -0.3 is 20.3 Å². The first kappa shape index (κ1) is 19.4. The van der Waals surface area contributed by atoms with Crippen molar-refractivity contribution >= 4 is 18.0 Å². The van der Waals surface area contributed by atoms with Crippen LogP contribution in [-0.4, -0.2) is 40.9 Å². The van der Waals surface area contributed by atoms with E-state index < -0.39 is 24.1 Å². The summed E-state index contributed by atoms with van der Waals surface area (Å²) in [5.74, 6) is -2.27. The maximum Gasteiger partial charge on any atom is 0.407 e. The van der Waals surface area contributed by atoms with Gasteiger partial charge >= 0.3 is 18.0 Å². The first-order valence-electron chi connectivity index (χ1n) is 9.00. The molecule has 0 aliphatic heterocycles. The lowest BCUT2D eigenvalue weighted by molar-refractivity contribution is -0.139. The number of hydrogen-bond acceptors (Lipinski definition) is 4. The number of nitrogens with one attached hydrogen (secondary N) is 1. The molecule has 7 heteroatoms. The largest absolute Gasteiger partial charge is 0.481 e.